The van der Waals surface area contributed by atoms with E-state index in [0.717, 1.165) is 10.8 Å². The molecule has 0 aliphatic rings. The van der Waals surface area contributed by atoms with Gasteiger partial charge in [-0.1, -0.05) is 50.2 Å². The van der Waals surface area contributed by atoms with Gasteiger partial charge in [-0.05, 0) is 29.7 Å². The molecule has 1 N–H and O–H groups in total. The molecule has 2 rings (SSSR count). The smallest absolute Gasteiger partial charge is 0.339 e. The maximum atomic E-state index is 12.2. The van der Waals surface area contributed by atoms with Crippen LogP contribution in [-0.4, -0.2) is 24.5 Å². The lowest BCUT2D eigenvalue weighted by Crippen LogP contribution is -2.38. The van der Waals surface area contributed by atoms with E-state index in [2.05, 4.69) is 5.32 Å². The predicted molar refractivity (Wildman–Crippen MR) is 86.7 cm³/mol. The number of rotatable bonds is 5. The zero-order valence-electron chi connectivity index (χ0n) is 13.1. The van der Waals surface area contributed by atoms with Crippen LogP contribution in [-0.2, 0) is 9.53 Å². The number of esters is 1. The van der Waals surface area contributed by atoms with Crippen molar-refractivity contribution in [3.05, 3.63) is 48.0 Å². The van der Waals surface area contributed by atoms with Crippen molar-refractivity contribution >= 4 is 22.6 Å². The van der Waals surface area contributed by atoms with Crippen molar-refractivity contribution in [1.29, 1.82) is 0 Å². The zero-order valence-corrected chi connectivity index (χ0v) is 13.1. The monoisotopic (exact) mass is 299 g/mol. The molecule has 0 unspecified atom stereocenters. The third-order valence-corrected chi connectivity index (χ3v) is 3.73. The Bertz CT molecular complexity index is 674. The normalized spacial score (nSPS) is 12.2. The van der Waals surface area contributed by atoms with Gasteiger partial charge in [-0.2, -0.15) is 0 Å². The van der Waals surface area contributed by atoms with Crippen LogP contribution in [0.4, 0.5) is 0 Å². The standard InChI is InChI=1S/C18H21NO3/c1-12(2)13(3)19-17(20)11-22-18(21)16-10-6-8-14-7-4-5-9-15(14)16/h4-10,12-13H,11H2,1-3H3,(H,19,20)/t13-/m0/s1. The highest BCUT2D eigenvalue weighted by atomic mass is 16.5. The van der Waals surface area contributed by atoms with E-state index in [9.17, 15) is 9.59 Å². The Morgan fingerprint density at radius 1 is 1.05 bits per heavy atom. The van der Waals surface area contributed by atoms with Crippen LogP contribution < -0.4 is 5.32 Å². The molecular formula is C18H21NO3. The quantitative estimate of drug-likeness (QED) is 0.863. The van der Waals surface area contributed by atoms with E-state index < -0.39 is 5.97 Å². The largest absolute Gasteiger partial charge is 0.452 e. The second-order valence-corrected chi connectivity index (χ2v) is 5.70. The molecule has 22 heavy (non-hydrogen) atoms. The fourth-order valence-electron chi connectivity index (χ4n) is 2.07. The lowest BCUT2D eigenvalue weighted by Gasteiger charge is -2.17. The van der Waals surface area contributed by atoms with Gasteiger partial charge in [-0.3, -0.25) is 4.79 Å². The van der Waals surface area contributed by atoms with Gasteiger partial charge in [0.2, 0.25) is 0 Å². The Labute approximate surface area is 130 Å². The summed E-state index contributed by atoms with van der Waals surface area (Å²) in [7, 11) is 0. The zero-order chi connectivity index (χ0) is 16.1. The van der Waals surface area contributed by atoms with E-state index in [4.69, 9.17) is 4.74 Å². The summed E-state index contributed by atoms with van der Waals surface area (Å²) in [4.78, 5) is 23.9. The molecule has 2 aromatic carbocycles. The summed E-state index contributed by atoms with van der Waals surface area (Å²) in [6.45, 7) is 5.70. The average molecular weight is 299 g/mol. The van der Waals surface area contributed by atoms with E-state index in [-0.39, 0.29) is 18.6 Å². The Morgan fingerprint density at radius 3 is 2.45 bits per heavy atom. The molecule has 0 radical (unpaired) electrons. The van der Waals surface area contributed by atoms with Crippen molar-refractivity contribution in [2.45, 2.75) is 26.8 Å². The van der Waals surface area contributed by atoms with Crippen molar-refractivity contribution < 1.29 is 14.3 Å². The van der Waals surface area contributed by atoms with Gasteiger partial charge in [0.1, 0.15) is 0 Å². The minimum atomic E-state index is -0.482. The summed E-state index contributed by atoms with van der Waals surface area (Å²) in [5, 5.41) is 4.60. The molecule has 1 amide bonds. The molecule has 2 aromatic rings. The molecular weight excluding hydrogens is 278 g/mol. The van der Waals surface area contributed by atoms with Crippen molar-refractivity contribution in [3.8, 4) is 0 Å². The van der Waals surface area contributed by atoms with E-state index in [1.54, 1.807) is 12.1 Å². The summed E-state index contributed by atoms with van der Waals surface area (Å²) in [6, 6.07) is 13.1. The van der Waals surface area contributed by atoms with Crippen LogP contribution in [0.1, 0.15) is 31.1 Å². The second-order valence-electron chi connectivity index (χ2n) is 5.70. The minimum Gasteiger partial charge on any atom is -0.452 e. The Morgan fingerprint density at radius 2 is 1.73 bits per heavy atom. The first-order valence-electron chi connectivity index (χ1n) is 7.43. The number of benzene rings is 2. The van der Waals surface area contributed by atoms with Crippen LogP contribution in [0, 0.1) is 5.92 Å². The number of hydrogen-bond acceptors (Lipinski definition) is 3. The Kier molecular flexibility index (Phi) is 5.15. The van der Waals surface area contributed by atoms with Gasteiger partial charge in [-0.15, -0.1) is 0 Å². The van der Waals surface area contributed by atoms with Gasteiger partial charge in [0.25, 0.3) is 5.91 Å². The molecule has 4 nitrogen and oxygen atoms in total. The molecule has 0 spiro atoms. The molecule has 4 heteroatoms. The fraction of sp³-hybridized carbons (Fsp3) is 0.333. The molecule has 0 aliphatic carbocycles. The molecule has 0 aromatic heterocycles. The second kappa shape index (κ2) is 7.07. The number of ether oxygens (including phenoxy) is 1. The lowest BCUT2D eigenvalue weighted by atomic mass is 10.1. The van der Waals surface area contributed by atoms with Crippen molar-refractivity contribution in [1.82, 2.24) is 5.32 Å². The first-order chi connectivity index (χ1) is 10.5. The lowest BCUT2D eigenvalue weighted by molar-refractivity contribution is -0.125. The average Bonchev–Trinajstić information content (AvgIpc) is 2.51. The molecule has 0 aliphatic heterocycles. The van der Waals surface area contributed by atoms with Crippen molar-refractivity contribution in [2.75, 3.05) is 6.61 Å². The number of hydrogen-bond donors (Lipinski definition) is 1. The fourth-order valence-corrected chi connectivity index (χ4v) is 2.07. The third kappa shape index (κ3) is 3.85. The van der Waals surface area contributed by atoms with Crippen LogP contribution in [0.5, 0.6) is 0 Å². The van der Waals surface area contributed by atoms with Crippen molar-refractivity contribution in [3.63, 3.8) is 0 Å². The topological polar surface area (TPSA) is 55.4 Å². The molecule has 116 valence electrons. The van der Waals surface area contributed by atoms with Crippen LogP contribution in [0.25, 0.3) is 10.8 Å². The maximum Gasteiger partial charge on any atom is 0.339 e. The minimum absolute atomic E-state index is 0.0451. The molecule has 0 saturated heterocycles. The first-order valence-corrected chi connectivity index (χ1v) is 7.43. The number of carbonyl (C=O) groups excluding carboxylic acids is 2. The molecule has 0 bridgehead atoms. The van der Waals surface area contributed by atoms with Gasteiger partial charge in [0.05, 0.1) is 5.56 Å². The van der Waals surface area contributed by atoms with E-state index in [1.807, 2.05) is 51.1 Å². The Hall–Kier alpha value is -2.36. The molecule has 0 saturated carbocycles. The van der Waals surface area contributed by atoms with Gasteiger partial charge in [-0.25, -0.2) is 4.79 Å². The van der Waals surface area contributed by atoms with E-state index in [0.29, 0.717) is 11.5 Å². The van der Waals surface area contributed by atoms with Gasteiger partial charge in [0, 0.05) is 6.04 Å². The number of amides is 1. The maximum absolute atomic E-state index is 12.2. The van der Waals surface area contributed by atoms with Gasteiger partial charge >= 0.3 is 5.97 Å². The SMILES string of the molecule is CC(C)[C@H](C)NC(=O)COC(=O)c1cccc2ccccc12. The van der Waals surface area contributed by atoms with Crippen molar-refractivity contribution in [2.24, 2.45) is 5.92 Å². The summed E-state index contributed by atoms with van der Waals surface area (Å²) in [5.74, 6) is -0.434. The highest BCUT2D eigenvalue weighted by Crippen LogP contribution is 2.19. The Balaban J connectivity index is 2.01. The van der Waals surface area contributed by atoms with Crippen LogP contribution >= 0.6 is 0 Å². The highest BCUT2D eigenvalue weighted by Gasteiger charge is 2.15. The molecule has 0 fully saturated rings. The predicted octanol–water partition coefficient (Wildman–Crippen LogP) is 3.16. The van der Waals surface area contributed by atoms with Crippen LogP contribution in [0.3, 0.4) is 0 Å². The molecule has 0 heterocycles. The third-order valence-electron chi connectivity index (χ3n) is 3.73. The summed E-state index contributed by atoms with van der Waals surface area (Å²) in [5.41, 5.74) is 0.475. The van der Waals surface area contributed by atoms with Crippen LogP contribution in [0.2, 0.25) is 0 Å². The van der Waals surface area contributed by atoms with E-state index >= 15 is 0 Å². The van der Waals surface area contributed by atoms with Gasteiger partial charge < -0.3 is 10.1 Å². The van der Waals surface area contributed by atoms with Gasteiger partial charge in [0.15, 0.2) is 6.61 Å². The number of fused-ring (bicyclic) bond motifs is 1. The summed E-state index contributed by atoms with van der Waals surface area (Å²) in [6.07, 6.45) is 0. The molecule has 1 atom stereocenters. The number of nitrogens with one attached hydrogen (secondary N) is 1. The first kappa shape index (κ1) is 16.0. The summed E-state index contributed by atoms with van der Waals surface area (Å²) >= 11 is 0. The van der Waals surface area contributed by atoms with E-state index in [1.165, 1.54) is 0 Å². The number of carbonyl (C=O) groups is 2. The highest BCUT2D eigenvalue weighted by molar-refractivity contribution is 6.04. The van der Waals surface area contributed by atoms with Crippen LogP contribution in [0.15, 0.2) is 42.5 Å². The summed E-state index contributed by atoms with van der Waals surface area (Å²) < 4.78 is 5.13.